The van der Waals surface area contributed by atoms with E-state index in [4.69, 9.17) is 0 Å². The molecular weight excluding hydrogens is 234 g/mol. The fourth-order valence-electron chi connectivity index (χ4n) is 4.11. The Hall–Kier alpha value is -0.860. The molecule has 104 valence electrons. The molecule has 1 aromatic rings. The quantitative estimate of drug-likeness (QED) is 0.837. The van der Waals surface area contributed by atoms with Crippen molar-refractivity contribution in [3.05, 3.63) is 34.9 Å². The Labute approximate surface area is 116 Å². The van der Waals surface area contributed by atoms with Gasteiger partial charge >= 0.3 is 0 Å². The zero-order chi connectivity index (χ0) is 13.6. The van der Waals surface area contributed by atoms with Crippen molar-refractivity contribution >= 4 is 0 Å². The zero-order valence-corrected chi connectivity index (χ0v) is 12.3. The predicted octanol–water partition coefficient (Wildman–Crippen LogP) is 3.14. The molecule has 0 aromatic heterocycles. The number of nitrogens with zero attached hydrogens (tertiary/aromatic N) is 1. The van der Waals surface area contributed by atoms with Crippen LogP contribution >= 0.6 is 0 Å². The van der Waals surface area contributed by atoms with Crippen LogP contribution in [0.25, 0.3) is 0 Å². The van der Waals surface area contributed by atoms with Gasteiger partial charge in [0.05, 0.1) is 5.60 Å². The first-order chi connectivity index (χ1) is 8.99. The van der Waals surface area contributed by atoms with Crippen LogP contribution in [0, 0.1) is 13.8 Å². The van der Waals surface area contributed by atoms with Gasteiger partial charge in [0.15, 0.2) is 0 Å². The predicted molar refractivity (Wildman–Crippen MR) is 78.2 cm³/mol. The number of fused-ring (bicyclic) bond motifs is 2. The second-order valence-electron chi connectivity index (χ2n) is 6.66. The average molecular weight is 259 g/mol. The van der Waals surface area contributed by atoms with E-state index >= 15 is 0 Å². The summed E-state index contributed by atoms with van der Waals surface area (Å²) in [6, 6.07) is 7.58. The van der Waals surface area contributed by atoms with E-state index in [2.05, 4.69) is 44.0 Å². The van der Waals surface area contributed by atoms with Crippen molar-refractivity contribution in [3.8, 4) is 0 Å². The van der Waals surface area contributed by atoms with E-state index in [0.29, 0.717) is 12.1 Å². The summed E-state index contributed by atoms with van der Waals surface area (Å²) in [4.78, 5) is 2.50. The Balaban J connectivity index is 1.97. The maximum Gasteiger partial charge on any atom is 0.0929 e. The molecule has 2 unspecified atom stereocenters. The first-order valence-electron chi connectivity index (χ1n) is 7.52. The van der Waals surface area contributed by atoms with Crippen molar-refractivity contribution in [1.29, 1.82) is 0 Å². The molecule has 1 aromatic carbocycles. The SMILES string of the molecule is Cc1ccc(C)c(C2(O)CC3CCCC(C2)N3C)c1. The lowest BCUT2D eigenvalue weighted by Crippen LogP contribution is -2.55. The number of hydrogen-bond acceptors (Lipinski definition) is 2. The van der Waals surface area contributed by atoms with Gasteiger partial charge < -0.3 is 10.0 Å². The molecule has 2 nitrogen and oxygen atoms in total. The fourth-order valence-corrected chi connectivity index (χ4v) is 4.11. The number of aryl methyl sites for hydroxylation is 2. The van der Waals surface area contributed by atoms with Crippen LogP contribution in [0.3, 0.4) is 0 Å². The molecular formula is C17H25NO. The first kappa shape index (κ1) is 13.1. The third kappa shape index (κ3) is 2.21. The minimum Gasteiger partial charge on any atom is -0.385 e. The number of aliphatic hydroxyl groups is 1. The molecule has 0 saturated carbocycles. The molecule has 2 heterocycles. The summed E-state index contributed by atoms with van der Waals surface area (Å²) in [5.41, 5.74) is 3.03. The molecule has 19 heavy (non-hydrogen) atoms. The van der Waals surface area contributed by atoms with Crippen molar-refractivity contribution in [2.45, 2.75) is 63.6 Å². The molecule has 3 rings (SSSR count). The molecule has 1 N–H and O–H groups in total. The minimum absolute atomic E-state index is 0.553. The average Bonchev–Trinajstić information content (AvgIpc) is 2.34. The largest absolute Gasteiger partial charge is 0.385 e. The van der Waals surface area contributed by atoms with E-state index in [1.807, 2.05) is 0 Å². The topological polar surface area (TPSA) is 23.5 Å². The van der Waals surface area contributed by atoms with Gasteiger partial charge in [0.25, 0.3) is 0 Å². The number of hydrogen-bond donors (Lipinski definition) is 1. The molecule has 2 fully saturated rings. The Morgan fingerprint density at radius 1 is 1.16 bits per heavy atom. The van der Waals surface area contributed by atoms with Gasteiger partial charge in [0.1, 0.15) is 0 Å². The maximum absolute atomic E-state index is 11.2. The van der Waals surface area contributed by atoms with E-state index in [1.54, 1.807) is 0 Å². The smallest absolute Gasteiger partial charge is 0.0929 e. The molecule has 2 heteroatoms. The highest BCUT2D eigenvalue weighted by Crippen LogP contribution is 2.44. The highest BCUT2D eigenvalue weighted by Gasteiger charge is 2.45. The molecule has 2 saturated heterocycles. The van der Waals surface area contributed by atoms with E-state index in [0.717, 1.165) is 18.4 Å². The molecule has 0 radical (unpaired) electrons. The summed E-state index contributed by atoms with van der Waals surface area (Å²) in [5, 5.41) is 11.2. The van der Waals surface area contributed by atoms with Crippen LogP contribution in [0.5, 0.6) is 0 Å². The summed E-state index contributed by atoms with van der Waals surface area (Å²) < 4.78 is 0. The van der Waals surface area contributed by atoms with E-state index in [9.17, 15) is 5.11 Å². The van der Waals surface area contributed by atoms with Crippen molar-refractivity contribution in [3.63, 3.8) is 0 Å². The van der Waals surface area contributed by atoms with Crippen LogP contribution < -0.4 is 0 Å². The minimum atomic E-state index is -0.613. The van der Waals surface area contributed by atoms with E-state index < -0.39 is 5.60 Å². The summed E-state index contributed by atoms with van der Waals surface area (Å²) in [6.45, 7) is 4.24. The Morgan fingerprint density at radius 3 is 2.42 bits per heavy atom. The first-order valence-corrected chi connectivity index (χ1v) is 7.52. The highest BCUT2D eigenvalue weighted by molar-refractivity contribution is 5.36. The number of benzene rings is 1. The second-order valence-corrected chi connectivity index (χ2v) is 6.66. The van der Waals surface area contributed by atoms with Crippen LogP contribution in [-0.4, -0.2) is 29.1 Å². The van der Waals surface area contributed by atoms with Crippen molar-refractivity contribution in [2.75, 3.05) is 7.05 Å². The van der Waals surface area contributed by atoms with E-state index in [-0.39, 0.29) is 0 Å². The van der Waals surface area contributed by atoms with Gasteiger partial charge in [0, 0.05) is 12.1 Å². The Bertz CT molecular complexity index is 468. The summed E-state index contributed by atoms with van der Waals surface area (Å²) in [5.74, 6) is 0. The zero-order valence-electron chi connectivity index (χ0n) is 12.3. The van der Waals surface area contributed by atoms with Crippen molar-refractivity contribution in [1.82, 2.24) is 4.90 Å². The lowest BCUT2D eigenvalue weighted by atomic mass is 9.71. The number of rotatable bonds is 1. The molecule has 0 amide bonds. The maximum atomic E-state index is 11.2. The summed E-state index contributed by atoms with van der Waals surface area (Å²) >= 11 is 0. The van der Waals surface area contributed by atoms with Gasteiger partial charge in [-0.3, -0.25) is 0 Å². The molecule has 2 aliphatic rings. The van der Waals surface area contributed by atoms with Gasteiger partial charge in [-0.25, -0.2) is 0 Å². The lowest BCUT2D eigenvalue weighted by Gasteiger charge is -2.51. The summed E-state index contributed by atoms with van der Waals surface area (Å²) in [7, 11) is 2.23. The molecule has 2 aliphatic heterocycles. The summed E-state index contributed by atoms with van der Waals surface area (Å²) in [6.07, 6.45) is 5.58. The monoisotopic (exact) mass is 259 g/mol. The molecule has 0 spiro atoms. The normalized spacial score (nSPS) is 35.4. The molecule has 2 atom stereocenters. The fraction of sp³-hybridized carbons (Fsp3) is 0.647. The van der Waals surface area contributed by atoms with Gasteiger partial charge in [-0.1, -0.05) is 30.2 Å². The lowest BCUT2D eigenvalue weighted by molar-refractivity contribution is -0.0878. The molecule has 2 bridgehead atoms. The Kier molecular flexibility index (Phi) is 3.18. The standard InChI is InChI=1S/C17H25NO/c1-12-7-8-13(2)16(9-12)17(19)10-14-5-4-6-15(11-17)18(14)3/h7-9,14-15,19H,4-6,10-11H2,1-3H3. The van der Waals surface area contributed by atoms with Gasteiger partial charge in [0.2, 0.25) is 0 Å². The number of piperidine rings is 2. The van der Waals surface area contributed by atoms with Crippen LogP contribution in [-0.2, 0) is 5.60 Å². The van der Waals surface area contributed by atoms with Crippen LogP contribution in [0.1, 0.15) is 48.8 Å². The van der Waals surface area contributed by atoms with Gasteiger partial charge in [-0.05, 0) is 57.7 Å². The highest BCUT2D eigenvalue weighted by atomic mass is 16.3. The van der Waals surface area contributed by atoms with Crippen LogP contribution in [0.2, 0.25) is 0 Å². The van der Waals surface area contributed by atoms with Gasteiger partial charge in [-0.15, -0.1) is 0 Å². The van der Waals surface area contributed by atoms with Gasteiger partial charge in [-0.2, -0.15) is 0 Å². The van der Waals surface area contributed by atoms with Crippen LogP contribution in [0.15, 0.2) is 18.2 Å². The Morgan fingerprint density at radius 2 is 1.79 bits per heavy atom. The van der Waals surface area contributed by atoms with E-state index in [1.165, 1.54) is 30.4 Å². The second kappa shape index (κ2) is 4.60. The molecule has 0 aliphatic carbocycles. The van der Waals surface area contributed by atoms with Crippen molar-refractivity contribution < 1.29 is 5.11 Å². The van der Waals surface area contributed by atoms with Crippen molar-refractivity contribution in [2.24, 2.45) is 0 Å². The third-order valence-electron chi connectivity index (χ3n) is 5.27. The third-order valence-corrected chi connectivity index (χ3v) is 5.27. The van der Waals surface area contributed by atoms with Crippen LogP contribution in [0.4, 0.5) is 0 Å².